The van der Waals surface area contributed by atoms with Crippen LogP contribution in [0.5, 0.6) is 5.75 Å². The van der Waals surface area contributed by atoms with Gasteiger partial charge in [0.1, 0.15) is 5.75 Å². The SMILES string of the molecule is COc1cccc(C(Cl)CN2CCCC(C)C2)c1. The van der Waals surface area contributed by atoms with Gasteiger partial charge in [-0.3, -0.25) is 0 Å². The number of nitrogens with zero attached hydrogens (tertiary/aromatic N) is 1. The number of piperidine rings is 1. The molecule has 0 amide bonds. The summed E-state index contributed by atoms with van der Waals surface area (Å²) in [5.74, 6) is 1.68. The highest BCUT2D eigenvalue weighted by atomic mass is 35.5. The standard InChI is InChI=1S/C15H22ClNO/c1-12-5-4-8-17(10-12)11-15(16)13-6-3-7-14(9-13)18-2/h3,6-7,9,12,15H,4-5,8,10-11H2,1-2H3. The van der Waals surface area contributed by atoms with Crippen LogP contribution in [0.15, 0.2) is 24.3 Å². The molecule has 1 aromatic carbocycles. The van der Waals surface area contributed by atoms with Crippen LogP contribution < -0.4 is 4.74 Å². The van der Waals surface area contributed by atoms with Gasteiger partial charge in [0.05, 0.1) is 12.5 Å². The van der Waals surface area contributed by atoms with Gasteiger partial charge >= 0.3 is 0 Å². The van der Waals surface area contributed by atoms with E-state index in [2.05, 4.69) is 17.9 Å². The number of benzene rings is 1. The van der Waals surface area contributed by atoms with E-state index in [0.717, 1.165) is 23.8 Å². The molecular formula is C15H22ClNO. The first-order valence-corrected chi connectivity index (χ1v) is 7.13. The van der Waals surface area contributed by atoms with Crippen LogP contribution in [0.2, 0.25) is 0 Å². The highest BCUT2D eigenvalue weighted by molar-refractivity contribution is 6.21. The Morgan fingerprint density at radius 2 is 2.33 bits per heavy atom. The Morgan fingerprint density at radius 1 is 1.50 bits per heavy atom. The Labute approximate surface area is 115 Å². The van der Waals surface area contributed by atoms with Gasteiger partial charge in [0, 0.05) is 13.1 Å². The lowest BCUT2D eigenvalue weighted by molar-refractivity contribution is 0.184. The van der Waals surface area contributed by atoms with E-state index >= 15 is 0 Å². The van der Waals surface area contributed by atoms with E-state index in [1.165, 1.54) is 25.9 Å². The zero-order chi connectivity index (χ0) is 13.0. The van der Waals surface area contributed by atoms with E-state index in [9.17, 15) is 0 Å². The molecule has 100 valence electrons. The molecule has 1 aromatic rings. The molecule has 0 saturated carbocycles. The van der Waals surface area contributed by atoms with Crippen LogP contribution in [-0.2, 0) is 0 Å². The monoisotopic (exact) mass is 267 g/mol. The molecule has 0 aliphatic carbocycles. The van der Waals surface area contributed by atoms with E-state index in [0.29, 0.717) is 0 Å². The van der Waals surface area contributed by atoms with Crippen LogP contribution in [0, 0.1) is 5.92 Å². The third kappa shape index (κ3) is 3.63. The Morgan fingerprint density at radius 3 is 3.06 bits per heavy atom. The minimum absolute atomic E-state index is 0.0467. The lowest BCUT2D eigenvalue weighted by Crippen LogP contribution is -2.36. The number of likely N-dealkylation sites (tertiary alicyclic amines) is 1. The van der Waals surface area contributed by atoms with Gasteiger partial charge in [-0.1, -0.05) is 19.1 Å². The molecule has 18 heavy (non-hydrogen) atoms. The van der Waals surface area contributed by atoms with Gasteiger partial charge in [0.25, 0.3) is 0 Å². The van der Waals surface area contributed by atoms with Crippen molar-refractivity contribution in [2.45, 2.75) is 25.1 Å². The highest BCUT2D eigenvalue weighted by Gasteiger charge is 2.19. The zero-order valence-electron chi connectivity index (χ0n) is 11.2. The molecule has 2 nitrogen and oxygen atoms in total. The maximum Gasteiger partial charge on any atom is 0.119 e. The summed E-state index contributed by atoms with van der Waals surface area (Å²) in [6, 6.07) is 8.07. The third-order valence-corrected chi connectivity index (χ3v) is 4.01. The van der Waals surface area contributed by atoms with Gasteiger partial charge in [-0.15, -0.1) is 11.6 Å². The summed E-state index contributed by atoms with van der Waals surface area (Å²) in [7, 11) is 1.69. The van der Waals surface area contributed by atoms with Crippen LogP contribution in [0.1, 0.15) is 30.7 Å². The van der Waals surface area contributed by atoms with Crippen molar-refractivity contribution < 1.29 is 4.74 Å². The second-order valence-corrected chi connectivity index (χ2v) is 5.78. The smallest absolute Gasteiger partial charge is 0.119 e. The highest BCUT2D eigenvalue weighted by Crippen LogP contribution is 2.27. The van der Waals surface area contributed by atoms with E-state index < -0.39 is 0 Å². The van der Waals surface area contributed by atoms with Gasteiger partial charge in [-0.25, -0.2) is 0 Å². The fourth-order valence-corrected chi connectivity index (χ4v) is 2.95. The molecule has 0 radical (unpaired) electrons. The van der Waals surface area contributed by atoms with Crippen molar-refractivity contribution in [3.8, 4) is 5.75 Å². The molecule has 0 spiro atoms. The molecule has 1 fully saturated rings. The largest absolute Gasteiger partial charge is 0.497 e. The van der Waals surface area contributed by atoms with E-state index in [1.807, 2.05) is 18.2 Å². The summed E-state index contributed by atoms with van der Waals surface area (Å²) < 4.78 is 5.24. The Balaban J connectivity index is 1.95. The molecule has 1 aliphatic heterocycles. The summed E-state index contributed by atoms with van der Waals surface area (Å²) in [4.78, 5) is 2.48. The number of rotatable bonds is 4. The van der Waals surface area contributed by atoms with Crippen molar-refractivity contribution in [3.63, 3.8) is 0 Å². The quantitative estimate of drug-likeness (QED) is 0.771. The van der Waals surface area contributed by atoms with E-state index in [4.69, 9.17) is 16.3 Å². The van der Waals surface area contributed by atoms with Gasteiger partial charge in [0.15, 0.2) is 0 Å². The van der Waals surface area contributed by atoms with Crippen molar-refractivity contribution in [2.24, 2.45) is 5.92 Å². The van der Waals surface area contributed by atoms with E-state index in [-0.39, 0.29) is 5.38 Å². The third-order valence-electron chi connectivity index (χ3n) is 3.62. The van der Waals surface area contributed by atoms with Crippen molar-refractivity contribution in [2.75, 3.05) is 26.7 Å². The number of ether oxygens (including phenoxy) is 1. The predicted octanol–water partition coefficient (Wildman–Crippen LogP) is 3.71. The second kappa shape index (κ2) is 6.44. The zero-order valence-corrected chi connectivity index (χ0v) is 12.0. The van der Waals surface area contributed by atoms with Crippen LogP contribution in [0.25, 0.3) is 0 Å². The summed E-state index contributed by atoms with van der Waals surface area (Å²) >= 11 is 6.52. The molecule has 2 rings (SSSR count). The van der Waals surface area contributed by atoms with Crippen LogP contribution >= 0.6 is 11.6 Å². The summed E-state index contributed by atoms with van der Waals surface area (Å²) in [6.07, 6.45) is 2.64. The van der Waals surface area contributed by atoms with Crippen molar-refractivity contribution in [3.05, 3.63) is 29.8 Å². The Kier molecular flexibility index (Phi) is 4.90. The number of hydrogen-bond donors (Lipinski definition) is 0. The Bertz CT molecular complexity index is 383. The normalized spacial score (nSPS) is 22.7. The lowest BCUT2D eigenvalue weighted by atomic mass is 10.00. The minimum atomic E-state index is 0.0467. The topological polar surface area (TPSA) is 12.5 Å². The average molecular weight is 268 g/mol. The molecule has 0 N–H and O–H groups in total. The summed E-state index contributed by atoms with van der Waals surface area (Å²) in [6.45, 7) is 5.60. The van der Waals surface area contributed by atoms with E-state index in [1.54, 1.807) is 7.11 Å². The fourth-order valence-electron chi connectivity index (χ4n) is 2.62. The summed E-state index contributed by atoms with van der Waals surface area (Å²) in [5.41, 5.74) is 1.15. The van der Waals surface area contributed by atoms with Gasteiger partial charge < -0.3 is 9.64 Å². The van der Waals surface area contributed by atoms with Crippen molar-refractivity contribution >= 4 is 11.6 Å². The molecule has 0 bridgehead atoms. The average Bonchev–Trinajstić information content (AvgIpc) is 2.39. The lowest BCUT2D eigenvalue weighted by Gasteiger charge is -2.32. The maximum absolute atomic E-state index is 6.52. The van der Waals surface area contributed by atoms with Gasteiger partial charge in [0.2, 0.25) is 0 Å². The molecule has 2 atom stereocenters. The minimum Gasteiger partial charge on any atom is -0.497 e. The Hall–Kier alpha value is -0.730. The van der Waals surface area contributed by atoms with Crippen molar-refractivity contribution in [1.29, 1.82) is 0 Å². The fraction of sp³-hybridized carbons (Fsp3) is 0.600. The molecule has 1 heterocycles. The molecule has 0 aromatic heterocycles. The predicted molar refractivity (Wildman–Crippen MR) is 76.4 cm³/mol. The van der Waals surface area contributed by atoms with Gasteiger partial charge in [-0.05, 0) is 43.0 Å². The number of alkyl halides is 1. The second-order valence-electron chi connectivity index (χ2n) is 5.25. The van der Waals surface area contributed by atoms with Crippen molar-refractivity contribution in [1.82, 2.24) is 4.90 Å². The van der Waals surface area contributed by atoms with Crippen LogP contribution in [-0.4, -0.2) is 31.6 Å². The van der Waals surface area contributed by atoms with Gasteiger partial charge in [-0.2, -0.15) is 0 Å². The summed E-state index contributed by atoms with van der Waals surface area (Å²) in [5, 5.41) is 0.0467. The maximum atomic E-state index is 6.52. The molecule has 1 aliphatic rings. The first-order valence-electron chi connectivity index (χ1n) is 6.69. The number of halogens is 1. The molecule has 3 heteroatoms. The first-order chi connectivity index (χ1) is 8.69. The van der Waals surface area contributed by atoms with Crippen LogP contribution in [0.3, 0.4) is 0 Å². The number of hydrogen-bond acceptors (Lipinski definition) is 2. The first kappa shape index (κ1) is 13.7. The molecule has 1 saturated heterocycles. The van der Waals surface area contributed by atoms with Crippen LogP contribution in [0.4, 0.5) is 0 Å². The molecular weight excluding hydrogens is 246 g/mol. The molecule has 2 unspecified atom stereocenters. The number of methoxy groups -OCH3 is 1.